The molecule has 0 aliphatic rings. The van der Waals surface area contributed by atoms with Gasteiger partial charge in [0.25, 0.3) is 0 Å². The maximum atomic E-state index is 10.2. The van der Waals surface area contributed by atoms with Crippen LogP contribution in [0.15, 0.2) is 16.7 Å². The van der Waals surface area contributed by atoms with Gasteiger partial charge in [-0.2, -0.15) is 0 Å². The van der Waals surface area contributed by atoms with Crippen LogP contribution in [-0.4, -0.2) is 22.6 Å². The number of halogens is 2. The lowest BCUT2D eigenvalue weighted by molar-refractivity contribution is -0.137. The summed E-state index contributed by atoms with van der Waals surface area (Å²) in [6.45, 7) is 0.542. The minimum Gasteiger partial charge on any atom is -0.481 e. The minimum atomic E-state index is -0.799. The number of rotatable bonds is 5. The van der Waals surface area contributed by atoms with Crippen LogP contribution in [0.1, 0.15) is 12.8 Å². The van der Waals surface area contributed by atoms with E-state index in [2.05, 4.69) is 26.2 Å². The summed E-state index contributed by atoms with van der Waals surface area (Å²) < 4.78 is 0.809. The Hall–Kier alpha value is -0.810. The second kappa shape index (κ2) is 5.92. The fourth-order valence-corrected chi connectivity index (χ4v) is 1.69. The van der Waals surface area contributed by atoms with Crippen LogP contribution in [0.2, 0.25) is 5.02 Å². The van der Waals surface area contributed by atoms with Crippen LogP contribution >= 0.6 is 27.5 Å². The zero-order chi connectivity index (χ0) is 11.3. The highest BCUT2D eigenvalue weighted by Gasteiger charge is 2.02. The Kier molecular flexibility index (Phi) is 4.84. The van der Waals surface area contributed by atoms with Gasteiger partial charge in [0.15, 0.2) is 0 Å². The van der Waals surface area contributed by atoms with Crippen molar-refractivity contribution in [2.24, 2.45) is 0 Å². The molecule has 4 nitrogen and oxygen atoms in total. The van der Waals surface area contributed by atoms with Gasteiger partial charge in [0.1, 0.15) is 5.82 Å². The molecule has 0 bridgehead atoms. The molecule has 0 unspecified atom stereocenters. The number of hydrogen-bond acceptors (Lipinski definition) is 3. The Balaban J connectivity index is 2.40. The first-order valence-corrected chi connectivity index (χ1v) is 5.53. The Morgan fingerprint density at radius 2 is 2.40 bits per heavy atom. The van der Waals surface area contributed by atoms with Gasteiger partial charge in [0.2, 0.25) is 0 Å². The summed E-state index contributed by atoms with van der Waals surface area (Å²) in [5, 5.41) is 11.9. The molecule has 1 rings (SSSR count). The molecule has 0 radical (unpaired) electrons. The van der Waals surface area contributed by atoms with E-state index >= 15 is 0 Å². The SMILES string of the molecule is O=C(O)CCCNc1ncc(Br)cc1Cl. The van der Waals surface area contributed by atoms with Gasteiger partial charge in [0.05, 0.1) is 5.02 Å². The highest BCUT2D eigenvalue weighted by Crippen LogP contribution is 2.22. The zero-order valence-electron chi connectivity index (χ0n) is 7.83. The van der Waals surface area contributed by atoms with Crippen molar-refractivity contribution in [3.05, 3.63) is 21.8 Å². The predicted octanol–water partition coefficient (Wildman–Crippen LogP) is 2.77. The molecule has 0 spiro atoms. The summed E-state index contributed by atoms with van der Waals surface area (Å²) in [7, 11) is 0. The van der Waals surface area contributed by atoms with E-state index in [0.717, 1.165) is 4.47 Å². The van der Waals surface area contributed by atoms with Crippen molar-refractivity contribution in [2.45, 2.75) is 12.8 Å². The Labute approximate surface area is 101 Å². The first-order chi connectivity index (χ1) is 7.09. The molecule has 82 valence electrons. The van der Waals surface area contributed by atoms with Crippen molar-refractivity contribution in [1.82, 2.24) is 4.98 Å². The molecule has 0 aliphatic heterocycles. The fourth-order valence-electron chi connectivity index (χ4n) is 0.991. The number of anilines is 1. The molecule has 1 aromatic heterocycles. The lowest BCUT2D eigenvalue weighted by Gasteiger charge is -2.06. The van der Waals surface area contributed by atoms with Gasteiger partial charge < -0.3 is 10.4 Å². The van der Waals surface area contributed by atoms with Crippen LogP contribution in [0.3, 0.4) is 0 Å². The third-order valence-corrected chi connectivity index (χ3v) is 2.39. The van der Waals surface area contributed by atoms with Crippen molar-refractivity contribution in [1.29, 1.82) is 0 Å². The molecular formula is C9H10BrClN2O2. The second-order valence-corrected chi connectivity index (χ2v) is 4.23. The molecule has 0 atom stereocenters. The summed E-state index contributed by atoms with van der Waals surface area (Å²) in [5.74, 6) is -0.225. The molecule has 0 aromatic carbocycles. The molecule has 0 amide bonds. The zero-order valence-corrected chi connectivity index (χ0v) is 10.2. The normalized spacial score (nSPS) is 10.0. The quantitative estimate of drug-likeness (QED) is 0.820. The standard InChI is InChI=1S/C9H10BrClN2O2/c10-6-4-7(11)9(13-5-6)12-3-1-2-8(14)15/h4-5H,1-3H2,(H,12,13)(H,14,15). The Morgan fingerprint density at radius 3 is 3.00 bits per heavy atom. The third-order valence-electron chi connectivity index (χ3n) is 1.67. The molecule has 6 heteroatoms. The number of carboxylic acid groups (broad SMARTS) is 1. The predicted molar refractivity (Wildman–Crippen MR) is 62.3 cm³/mol. The van der Waals surface area contributed by atoms with Gasteiger partial charge in [-0.15, -0.1) is 0 Å². The van der Waals surface area contributed by atoms with Crippen molar-refractivity contribution >= 4 is 39.3 Å². The summed E-state index contributed by atoms with van der Waals surface area (Å²) in [4.78, 5) is 14.3. The maximum absolute atomic E-state index is 10.2. The Bertz CT molecular complexity index is 360. The summed E-state index contributed by atoms with van der Waals surface area (Å²) in [6, 6.07) is 1.73. The Morgan fingerprint density at radius 1 is 1.67 bits per heavy atom. The van der Waals surface area contributed by atoms with Crippen molar-refractivity contribution in [2.75, 3.05) is 11.9 Å². The van der Waals surface area contributed by atoms with Crippen LogP contribution in [0.5, 0.6) is 0 Å². The van der Waals surface area contributed by atoms with Crippen molar-refractivity contribution in [3.63, 3.8) is 0 Å². The number of carbonyl (C=O) groups is 1. The number of pyridine rings is 1. The number of aromatic nitrogens is 1. The lowest BCUT2D eigenvalue weighted by Crippen LogP contribution is -2.06. The van der Waals surface area contributed by atoms with Crippen LogP contribution in [0.4, 0.5) is 5.82 Å². The van der Waals surface area contributed by atoms with E-state index in [1.807, 2.05) is 0 Å². The molecule has 0 aliphatic carbocycles. The summed E-state index contributed by atoms with van der Waals surface area (Å²) in [5.41, 5.74) is 0. The highest BCUT2D eigenvalue weighted by atomic mass is 79.9. The van der Waals surface area contributed by atoms with Gasteiger partial charge >= 0.3 is 5.97 Å². The highest BCUT2D eigenvalue weighted by molar-refractivity contribution is 9.10. The van der Waals surface area contributed by atoms with E-state index in [4.69, 9.17) is 16.7 Å². The number of nitrogens with zero attached hydrogens (tertiary/aromatic N) is 1. The number of nitrogens with one attached hydrogen (secondary N) is 1. The molecule has 1 heterocycles. The fraction of sp³-hybridized carbons (Fsp3) is 0.333. The van der Waals surface area contributed by atoms with Gasteiger partial charge in [-0.1, -0.05) is 11.6 Å². The van der Waals surface area contributed by atoms with E-state index < -0.39 is 5.97 Å². The molecule has 1 aromatic rings. The molecule has 0 fully saturated rings. The van der Waals surface area contributed by atoms with Crippen LogP contribution < -0.4 is 5.32 Å². The maximum Gasteiger partial charge on any atom is 0.303 e. The van der Waals surface area contributed by atoms with Crippen LogP contribution in [0.25, 0.3) is 0 Å². The molecule has 15 heavy (non-hydrogen) atoms. The van der Waals surface area contributed by atoms with E-state index in [0.29, 0.717) is 23.8 Å². The first-order valence-electron chi connectivity index (χ1n) is 4.36. The average molecular weight is 294 g/mol. The minimum absolute atomic E-state index is 0.140. The number of carboxylic acids is 1. The molecule has 0 saturated heterocycles. The van der Waals surface area contributed by atoms with E-state index in [1.54, 1.807) is 12.3 Å². The molecule has 2 N–H and O–H groups in total. The number of aliphatic carboxylic acids is 1. The topological polar surface area (TPSA) is 62.2 Å². The van der Waals surface area contributed by atoms with Gasteiger partial charge in [-0.25, -0.2) is 4.98 Å². The van der Waals surface area contributed by atoms with E-state index in [1.165, 1.54) is 0 Å². The molecule has 0 saturated carbocycles. The van der Waals surface area contributed by atoms with Crippen molar-refractivity contribution in [3.8, 4) is 0 Å². The summed E-state index contributed by atoms with van der Waals surface area (Å²) in [6.07, 6.45) is 2.32. The van der Waals surface area contributed by atoms with E-state index in [-0.39, 0.29) is 6.42 Å². The van der Waals surface area contributed by atoms with Crippen LogP contribution in [0, 0.1) is 0 Å². The average Bonchev–Trinajstić information content (AvgIpc) is 2.14. The first kappa shape index (κ1) is 12.3. The summed E-state index contributed by atoms with van der Waals surface area (Å²) >= 11 is 9.14. The third kappa shape index (κ3) is 4.48. The second-order valence-electron chi connectivity index (χ2n) is 2.91. The van der Waals surface area contributed by atoms with Crippen LogP contribution in [-0.2, 0) is 4.79 Å². The molecular weight excluding hydrogens is 283 g/mol. The smallest absolute Gasteiger partial charge is 0.303 e. The van der Waals surface area contributed by atoms with Gasteiger partial charge in [-0.3, -0.25) is 4.79 Å². The van der Waals surface area contributed by atoms with E-state index in [9.17, 15) is 4.79 Å². The monoisotopic (exact) mass is 292 g/mol. The largest absolute Gasteiger partial charge is 0.481 e. The van der Waals surface area contributed by atoms with Gasteiger partial charge in [0, 0.05) is 23.6 Å². The van der Waals surface area contributed by atoms with Gasteiger partial charge in [-0.05, 0) is 28.4 Å². The van der Waals surface area contributed by atoms with Crippen molar-refractivity contribution < 1.29 is 9.90 Å². The number of hydrogen-bond donors (Lipinski definition) is 2. The lowest BCUT2D eigenvalue weighted by atomic mass is 10.3.